The average molecular weight is 132 g/mol. The number of ether oxygens (including phenoxy) is 2. The highest BCUT2D eigenvalue weighted by Gasteiger charge is 2.24. The van der Waals surface area contributed by atoms with Gasteiger partial charge in [0.1, 0.15) is 0 Å². The molecule has 1 atom stereocenters. The van der Waals surface area contributed by atoms with Gasteiger partial charge in [-0.05, 0) is 20.8 Å². The van der Waals surface area contributed by atoms with E-state index in [1.165, 1.54) is 0 Å². The molecule has 0 rings (SSSR count). The summed E-state index contributed by atoms with van der Waals surface area (Å²) in [5.41, 5.74) is -0.172. The minimum absolute atomic E-state index is 0.141. The zero-order valence-electron chi connectivity index (χ0n) is 6.89. The molecule has 0 aliphatic heterocycles. The van der Waals surface area contributed by atoms with Crippen LogP contribution in [0.15, 0.2) is 0 Å². The summed E-state index contributed by atoms with van der Waals surface area (Å²) in [4.78, 5) is 0. The van der Waals surface area contributed by atoms with Crippen molar-refractivity contribution >= 4 is 0 Å². The molecular weight excluding hydrogens is 116 g/mol. The van der Waals surface area contributed by atoms with E-state index in [0.29, 0.717) is 0 Å². The third-order valence-corrected chi connectivity index (χ3v) is 1.86. The van der Waals surface area contributed by atoms with E-state index < -0.39 is 0 Å². The fraction of sp³-hybridized carbons (Fsp3) is 1.00. The van der Waals surface area contributed by atoms with Gasteiger partial charge in [-0.15, -0.1) is 0 Å². The van der Waals surface area contributed by atoms with Crippen LogP contribution in [0.5, 0.6) is 0 Å². The fourth-order valence-electron chi connectivity index (χ4n) is 0.450. The van der Waals surface area contributed by atoms with E-state index in [0.717, 1.165) is 0 Å². The molecule has 0 radical (unpaired) electrons. The predicted octanol–water partition coefficient (Wildman–Crippen LogP) is 1.45. The summed E-state index contributed by atoms with van der Waals surface area (Å²) in [6, 6.07) is 0. The van der Waals surface area contributed by atoms with Crippen LogP contribution in [0.2, 0.25) is 0 Å². The highest BCUT2D eigenvalue weighted by molar-refractivity contribution is 4.75. The maximum absolute atomic E-state index is 5.17. The number of rotatable bonds is 3. The molecule has 0 heterocycles. The van der Waals surface area contributed by atoms with Crippen LogP contribution in [-0.2, 0) is 9.47 Å². The molecule has 0 bridgehead atoms. The van der Waals surface area contributed by atoms with Gasteiger partial charge in [0.05, 0.1) is 11.7 Å². The number of hydrogen-bond acceptors (Lipinski definition) is 2. The lowest BCUT2D eigenvalue weighted by molar-refractivity contribution is -0.0858. The molecule has 0 fully saturated rings. The van der Waals surface area contributed by atoms with Crippen molar-refractivity contribution in [3.63, 3.8) is 0 Å². The normalized spacial score (nSPS) is 15.7. The highest BCUT2D eigenvalue weighted by atomic mass is 16.5. The summed E-state index contributed by atoms with van der Waals surface area (Å²) in [6.45, 7) is 5.99. The monoisotopic (exact) mass is 132 g/mol. The molecule has 0 amide bonds. The van der Waals surface area contributed by atoms with Gasteiger partial charge in [0.25, 0.3) is 0 Å². The van der Waals surface area contributed by atoms with Crippen LogP contribution in [0.3, 0.4) is 0 Å². The van der Waals surface area contributed by atoms with Crippen molar-refractivity contribution in [2.75, 3.05) is 14.2 Å². The molecule has 0 saturated heterocycles. The van der Waals surface area contributed by atoms with Crippen molar-refractivity contribution in [2.24, 2.45) is 0 Å². The van der Waals surface area contributed by atoms with E-state index in [-0.39, 0.29) is 11.7 Å². The van der Waals surface area contributed by atoms with Crippen LogP contribution in [0.1, 0.15) is 20.8 Å². The Bertz CT molecular complexity index is 79.0. The molecule has 0 saturated carbocycles. The summed E-state index contributed by atoms with van der Waals surface area (Å²) in [7, 11) is 3.38. The Morgan fingerprint density at radius 3 is 1.78 bits per heavy atom. The van der Waals surface area contributed by atoms with Gasteiger partial charge in [-0.2, -0.15) is 0 Å². The first-order chi connectivity index (χ1) is 4.04. The van der Waals surface area contributed by atoms with E-state index >= 15 is 0 Å². The van der Waals surface area contributed by atoms with Crippen LogP contribution in [0.25, 0.3) is 0 Å². The standard InChI is InChI=1S/C7H16O2/c1-6(8-4)7(2,3)9-5/h6H,1-5H3. The lowest BCUT2D eigenvalue weighted by atomic mass is 10.0. The zero-order chi connectivity index (χ0) is 7.49. The molecule has 0 aromatic rings. The van der Waals surface area contributed by atoms with Gasteiger partial charge in [0, 0.05) is 14.2 Å². The number of hydrogen-bond donors (Lipinski definition) is 0. The van der Waals surface area contributed by atoms with Crippen LogP contribution in [0, 0.1) is 0 Å². The first kappa shape index (κ1) is 8.92. The second-order valence-electron chi connectivity index (χ2n) is 2.69. The summed E-state index contributed by atoms with van der Waals surface area (Å²) < 4.78 is 10.2. The smallest absolute Gasteiger partial charge is 0.0880 e. The average Bonchev–Trinajstić information content (AvgIpc) is 1.86. The summed E-state index contributed by atoms with van der Waals surface area (Å²) in [5.74, 6) is 0. The van der Waals surface area contributed by atoms with E-state index in [4.69, 9.17) is 9.47 Å². The van der Waals surface area contributed by atoms with E-state index in [9.17, 15) is 0 Å². The Kier molecular flexibility index (Phi) is 3.15. The highest BCUT2D eigenvalue weighted by Crippen LogP contribution is 2.14. The quantitative estimate of drug-likeness (QED) is 0.578. The molecule has 0 aliphatic carbocycles. The van der Waals surface area contributed by atoms with Gasteiger partial charge in [0.15, 0.2) is 0 Å². The van der Waals surface area contributed by atoms with Crippen molar-refractivity contribution in [3.8, 4) is 0 Å². The summed E-state index contributed by atoms with van der Waals surface area (Å²) in [6.07, 6.45) is 0.141. The van der Waals surface area contributed by atoms with Crippen LogP contribution < -0.4 is 0 Å². The molecule has 0 N–H and O–H groups in total. The minimum atomic E-state index is -0.172. The molecule has 56 valence electrons. The molecular formula is C7H16O2. The van der Waals surface area contributed by atoms with Gasteiger partial charge in [0.2, 0.25) is 0 Å². The second-order valence-corrected chi connectivity index (χ2v) is 2.69. The minimum Gasteiger partial charge on any atom is -0.379 e. The maximum Gasteiger partial charge on any atom is 0.0880 e. The van der Waals surface area contributed by atoms with Gasteiger partial charge in [-0.25, -0.2) is 0 Å². The first-order valence-electron chi connectivity index (χ1n) is 3.12. The van der Waals surface area contributed by atoms with Gasteiger partial charge in [-0.1, -0.05) is 0 Å². The molecule has 2 nitrogen and oxygen atoms in total. The van der Waals surface area contributed by atoms with Crippen molar-refractivity contribution < 1.29 is 9.47 Å². The predicted molar refractivity (Wildman–Crippen MR) is 37.6 cm³/mol. The van der Waals surface area contributed by atoms with Crippen LogP contribution >= 0.6 is 0 Å². The summed E-state index contributed by atoms with van der Waals surface area (Å²) >= 11 is 0. The van der Waals surface area contributed by atoms with Gasteiger partial charge in [-0.3, -0.25) is 0 Å². The molecule has 1 unspecified atom stereocenters. The van der Waals surface area contributed by atoms with Crippen molar-refractivity contribution in [1.82, 2.24) is 0 Å². The lowest BCUT2D eigenvalue weighted by Gasteiger charge is -2.28. The Balaban J connectivity index is 3.80. The first-order valence-corrected chi connectivity index (χ1v) is 3.12. The Morgan fingerprint density at radius 2 is 1.67 bits per heavy atom. The largest absolute Gasteiger partial charge is 0.379 e. The molecule has 9 heavy (non-hydrogen) atoms. The Morgan fingerprint density at radius 1 is 1.22 bits per heavy atom. The molecule has 0 aliphatic rings. The van der Waals surface area contributed by atoms with Crippen molar-refractivity contribution in [3.05, 3.63) is 0 Å². The molecule has 0 aromatic heterocycles. The maximum atomic E-state index is 5.17. The van der Waals surface area contributed by atoms with E-state index in [2.05, 4.69) is 0 Å². The molecule has 0 aromatic carbocycles. The van der Waals surface area contributed by atoms with Crippen LogP contribution in [-0.4, -0.2) is 25.9 Å². The Labute approximate surface area is 57.2 Å². The molecule has 0 spiro atoms. The SMILES string of the molecule is COC(C)C(C)(C)OC. The van der Waals surface area contributed by atoms with Crippen LogP contribution in [0.4, 0.5) is 0 Å². The third-order valence-electron chi connectivity index (χ3n) is 1.86. The molecule has 2 heteroatoms. The summed E-state index contributed by atoms with van der Waals surface area (Å²) in [5, 5.41) is 0. The lowest BCUT2D eigenvalue weighted by Crippen LogP contribution is -2.37. The third kappa shape index (κ3) is 2.33. The second kappa shape index (κ2) is 3.18. The van der Waals surface area contributed by atoms with E-state index in [1.807, 2.05) is 20.8 Å². The number of methoxy groups -OCH3 is 2. The van der Waals surface area contributed by atoms with Gasteiger partial charge < -0.3 is 9.47 Å². The zero-order valence-corrected chi connectivity index (χ0v) is 6.89. The Hall–Kier alpha value is -0.0800. The van der Waals surface area contributed by atoms with Crippen molar-refractivity contribution in [2.45, 2.75) is 32.5 Å². The van der Waals surface area contributed by atoms with E-state index in [1.54, 1.807) is 14.2 Å². The topological polar surface area (TPSA) is 18.5 Å². The van der Waals surface area contributed by atoms with Crippen molar-refractivity contribution in [1.29, 1.82) is 0 Å². The fourth-order valence-corrected chi connectivity index (χ4v) is 0.450. The van der Waals surface area contributed by atoms with Gasteiger partial charge >= 0.3 is 0 Å².